The van der Waals surface area contributed by atoms with Crippen LogP contribution in [0.3, 0.4) is 0 Å². The van der Waals surface area contributed by atoms with Gasteiger partial charge in [0, 0.05) is 12.2 Å². The van der Waals surface area contributed by atoms with Crippen LogP contribution in [0.15, 0.2) is 0 Å². The second kappa shape index (κ2) is 13.6. The molecule has 24 heavy (non-hydrogen) atoms. The van der Waals surface area contributed by atoms with Crippen LogP contribution in [0.25, 0.3) is 0 Å². The van der Waals surface area contributed by atoms with Crippen LogP contribution in [0.2, 0.25) is 0 Å². The lowest BCUT2D eigenvalue weighted by atomic mass is 10.1. The first-order valence-corrected chi connectivity index (χ1v) is 10.8. The summed E-state index contributed by atoms with van der Waals surface area (Å²) in [5, 5.41) is 0. The number of amides is 1. The second-order valence-corrected chi connectivity index (χ2v) is 7.69. The normalized spacial score (nSPS) is 17.2. The smallest absolute Gasteiger partial charge is 0.329 e. The molecule has 1 rings (SSSR count). The Morgan fingerprint density at radius 3 is 2.04 bits per heavy atom. The van der Waals surface area contributed by atoms with Gasteiger partial charge >= 0.3 is 5.97 Å². The van der Waals surface area contributed by atoms with Gasteiger partial charge in [-0.15, -0.1) is 11.8 Å². The summed E-state index contributed by atoms with van der Waals surface area (Å²) in [6.45, 7) is 2.25. The van der Waals surface area contributed by atoms with E-state index >= 15 is 0 Å². The Balaban J connectivity index is 1.99. The van der Waals surface area contributed by atoms with E-state index < -0.39 is 0 Å². The Bertz CT molecular complexity index is 363. The highest BCUT2D eigenvalue weighted by Crippen LogP contribution is 2.23. The molecule has 1 heterocycles. The van der Waals surface area contributed by atoms with Crippen molar-refractivity contribution in [1.29, 1.82) is 0 Å². The average Bonchev–Trinajstić information content (AvgIpc) is 3.08. The van der Waals surface area contributed by atoms with Crippen molar-refractivity contribution in [2.45, 2.75) is 90.0 Å². The number of nitrogens with zero attached hydrogens (tertiary/aromatic N) is 1. The maximum atomic E-state index is 12.2. The summed E-state index contributed by atoms with van der Waals surface area (Å²) in [7, 11) is 1.39. The molecule has 1 atom stereocenters. The quantitative estimate of drug-likeness (QED) is 0.352. The number of unbranched alkanes of at least 4 members (excludes halogenated alkanes) is 10. The molecule has 0 aliphatic carbocycles. The first kappa shape index (κ1) is 21.3. The van der Waals surface area contributed by atoms with E-state index in [-0.39, 0.29) is 17.9 Å². The predicted molar refractivity (Wildman–Crippen MR) is 101 cm³/mol. The molecule has 140 valence electrons. The van der Waals surface area contributed by atoms with Crippen molar-refractivity contribution in [3.8, 4) is 0 Å². The van der Waals surface area contributed by atoms with E-state index in [9.17, 15) is 9.59 Å². The summed E-state index contributed by atoms with van der Waals surface area (Å²) in [5.41, 5.74) is 0. The first-order chi connectivity index (χ1) is 11.7. The van der Waals surface area contributed by atoms with Crippen LogP contribution >= 0.6 is 11.8 Å². The number of hydrogen-bond acceptors (Lipinski definition) is 4. The van der Waals surface area contributed by atoms with Gasteiger partial charge in [0.15, 0.2) is 0 Å². The minimum atomic E-state index is -0.375. The zero-order chi connectivity index (χ0) is 17.6. The summed E-state index contributed by atoms with van der Waals surface area (Å²) in [6, 6.07) is -0.375. The molecule has 0 aromatic carbocycles. The minimum absolute atomic E-state index is 0.103. The Kier molecular flexibility index (Phi) is 12.1. The molecule has 1 fully saturated rings. The van der Waals surface area contributed by atoms with E-state index in [4.69, 9.17) is 4.74 Å². The van der Waals surface area contributed by atoms with Gasteiger partial charge in [-0.25, -0.2) is 4.79 Å². The molecule has 1 aliphatic rings. The molecule has 1 amide bonds. The van der Waals surface area contributed by atoms with Gasteiger partial charge in [-0.3, -0.25) is 4.79 Å². The fraction of sp³-hybridized carbons (Fsp3) is 0.895. The van der Waals surface area contributed by atoms with Crippen LogP contribution in [0.4, 0.5) is 0 Å². The van der Waals surface area contributed by atoms with Gasteiger partial charge in [-0.2, -0.15) is 0 Å². The molecule has 1 aliphatic heterocycles. The van der Waals surface area contributed by atoms with Crippen molar-refractivity contribution < 1.29 is 14.3 Å². The summed E-state index contributed by atoms with van der Waals surface area (Å²) < 4.78 is 4.78. The molecule has 0 unspecified atom stereocenters. The number of ether oxygens (including phenoxy) is 1. The number of carbonyl (C=O) groups excluding carboxylic acids is 2. The Hall–Kier alpha value is -0.710. The maximum absolute atomic E-state index is 12.2. The molecule has 0 saturated carbocycles. The Morgan fingerprint density at radius 2 is 1.50 bits per heavy atom. The summed E-state index contributed by atoms with van der Waals surface area (Å²) in [6.07, 6.45) is 14.6. The van der Waals surface area contributed by atoms with Crippen molar-refractivity contribution in [3.63, 3.8) is 0 Å². The number of methoxy groups -OCH3 is 1. The zero-order valence-electron chi connectivity index (χ0n) is 15.6. The molecule has 5 heteroatoms. The van der Waals surface area contributed by atoms with Crippen molar-refractivity contribution in [1.82, 2.24) is 4.90 Å². The summed E-state index contributed by atoms with van der Waals surface area (Å²) in [4.78, 5) is 25.6. The summed E-state index contributed by atoms with van der Waals surface area (Å²) in [5.74, 6) is 1.10. The highest BCUT2D eigenvalue weighted by atomic mass is 32.2. The molecule has 0 bridgehead atoms. The monoisotopic (exact) mass is 357 g/mol. The standard InChI is InChI=1S/C19H35NO3S/c1-3-4-5-6-7-8-9-10-11-12-13-14-18(21)20-16-24-15-17(20)19(22)23-2/h17H,3-16H2,1-2H3/t17-/m0/s1. The van der Waals surface area contributed by atoms with E-state index in [2.05, 4.69) is 6.92 Å². The number of carbonyl (C=O) groups is 2. The van der Waals surface area contributed by atoms with E-state index in [1.54, 1.807) is 16.7 Å². The topological polar surface area (TPSA) is 46.6 Å². The van der Waals surface area contributed by atoms with E-state index in [1.807, 2.05) is 0 Å². The number of hydrogen-bond donors (Lipinski definition) is 0. The SMILES string of the molecule is CCCCCCCCCCCCCC(=O)N1CSC[C@H]1C(=O)OC. The average molecular weight is 358 g/mol. The molecule has 0 radical (unpaired) electrons. The lowest BCUT2D eigenvalue weighted by Gasteiger charge is -2.21. The number of rotatable bonds is 13. The maximum Gasteiger partial charge on any atom is 0.329 e. The van der Waals surface area contributed by atoms with Crippen LogP contribution in [-0.4, -0.2) is 41.6 Å². The second-order valence-electron chi connectivity index (χ2n) is 6.69. The Labute approximate surface area is 152 Å². The molecule has 0 N–H and O–H groups in total. The third kappa shape index (κ3) is 8.41. The highest BCUT2D eigenvalue weighted by molar-refractivity contribution is 7.99. The van der Waals surface area contributed by atoms with Gasteiger partial charge < -0.3 is 9.64 Å². The van der Waals surface area contributed by atoms with Crippen LogP contribution in [0.1, 0.15) is 84.0 Å². The van der Waals surface area contributed by atoms with Gasteiger partial charge in [-0.1, -0.05) is 71.1 Å². The lowest BCUT2D eigenvalue weighted by Crippen LogP contribution is -2.42. The zero-order valence-corrected chi connectivity index (χ0v) is 16.4. The van der Waals surface area contributed by atoms with Crippen LogP contribution in [0, 0.1) is 0 Å². The van der Waals surface area contributed by atoms with Gasteiger partial charge in [0.2, 0.25) is 5.91 Å². The molecule has 4 nitrogen and oxygen atoms in total. The molecule has 1 saturated heterocycles. The van der Waals surface area contributed by atoms with E-state index in [1.165, 1.54) is 64.9 Å². The van der Waals surface area contributed by atoms with Gasteiger partial charge in [0.25, 0.3) is 0 Å². The van der Waals surface area contributed by atoms with Gasteiger partial charge in [0.1, 0.15) is 6.04 Å². The van der Waals surface area contributed by atoms with Crippen molar-refractivity contribution in [3.05, 3.63) is 0 Å². The van der Waals surface area contributed by atoms with Gasteiger partial charge in [0.05, 0.1) is 13.0 Å². The molecule has 0 aromatic heterocycles. The fourth-order valence-corrected chi connectivity index (χ4v) is 4.27. The molecular formula is C19H35NO3S. The third-order valence-electron chi connectivity index (χ3n) is 4.67. The van der Waals surface area contributed by atoms with Crippen molar-refractivity contribution in [2.24, 2.45) is 0 Å². The predicted octanol–water partition coefficient (Wildman–Crippen LogP) is 4.76. The minimum Gasteiger partial charge on any atom is -0.467 e. The highest BCUT2D eigenvalue weighted by Gasteiger charge is 2.34. The third-order valence-corrected chi connectivity index (χ3v) is 5.68. The van der Waals surface area contributed by atoms with E-state index in [0.29, 0.717) is 18.1 Å². The van der Waals surface area contributed by atoms with Crippen LogP contribution in [-0.2, 0) is 14.3 Å². The van der Waals surface area contributed by atoms with Crippen molar-refractivity contribution >= 4 is 23.6 Å². The molecule has 0 aromatic rings. The molecular weight excluding hydrogens is 322 g/mol. The number of thioether (sulfide) groups is 1. The largest absolute Gasteiger partial charge is 0.467 e. The lowest BCUT2D eigenvalue weighted by molar-refractivity contribution is -0.150. The van der Waals surface area contributed by atoms with Gasteiger partial charge in [-0.05, 0) is 6.42 Å². The summed E-state index contributed by atoms with van der Waals surface area (Å²) >= 11 is 1.63. The van der Waals surface area contributed by atoms with Crippen molar-refractivity contribution in [2.75, 3.05) is 18.7 Å². The van der Waals surface area contributed by atoms with Crippen LogP contribution in [0.5, 0.6) is 0 Å². The molecule has 0 spiro atoms. The van der Waals surface area contributed by atoms with Crippen LogP contribution < -0.4 is 0 Å². The first-order valence-electron chi connectivity index (χ1n) is 9.65. The Morgan fingerprint density at radius 1 is 0.958 bits per heavy atom. The fourth-order valence-electron chi connectivity index (χ4n) is 3.10. The van der Waals surface area contributed by atoms with E-state index in [0.717, 1.165) is 12.8 Å². The number of esters is 1.